The molecule has 2 aliphatic rings. The summed E-state index contributed by atoms with van der Waals surface area (Å²) in [5.74, 6) is 0.216. The fourth-order valence-electron chi connectivity index (χ4n) is 3.54. The van der Waals surface area contributed by atoms with Crippen LogP contribution in [0.15, 0.2) is 6.20 Å². The number of ether oxygens (including phenoxy) is 2. The normalized spacial score (nSPS) is 18.7. The van der Waals surface area contributed by atoms with Crippen molar-refractivity contribution in [3.8, 4) is 0 Å². The van der Waals surface area contributed by atoms with Gasteiger partial charge in [0.2, 0.25) is 0 Å². The van der Waals surface area contributed by atoms with E-state index in [1.165, 1.54) is 13.3 Å². The first-order chi connectivity index (χ1) is 12.1. The van der Waals surface area contributed by atoms with Gasteiger partial charge in [0.15, 0.2) is 11.5 Å². The highest BCUT2D eigenvalue weighted by molar-refractivity contribution is 5.87. The molecule has 2 fully saturated rings. The van der Waals surface area contributed by atoms with Gasteiger partial charge in [0.1, 0.15) is 5.60 Å². The minimum atomic E-state index is -0.493. The number of aromatic nitrogens is 2. The third-order valence-corrected chi connectivity index (χ3v) is 4.77. The van der Waals surface area contributed by atoms with Crippen LogP contribution < -0.4 is 4.90 Å². The molecule has 3 rings (SSSR count). The average Bonchev–Trinajstić information content (AvgIpc) is 2.97. The van der Waals surface area contributed by atoms with Crippen LogP contribution in [0, 0.1) is 12.3 Å². The molecule has 1 amide bonds. The van der Waals surface area contributed by atoms with Crippen molar-refractivity contribution in [1.82, 2.24) is 14.9 Å². The molecule has 142 valence electrons. The zero-order chi connectivity index (χ0) is 19.1. The number of likely N-dealkylation sites (tertiary alicyclic amines) is 1. The molecule has 8 nitrogen and oxygen atoms in total. The highest BCUT2D eigenvalue weighted by Crippen LogP contribution is 2.41. The Morgan fingerprint density at radius 3 is 2.54 bits per heavy atom. The number of carbonyl (C=O) groups is 2. The Morgan fingerprint density at radius 1 is 1.23 bits per heavy atom. The number of carbonyl (C=O) groups excluding carboxylic acids is 2. The van der Waals surface area contributed by atoms with Crippen molar-refractivity contribution in [2.75, 3.05) is 38.2 Å². The van der Waals surface area contributed by atoms with E-state index in [9.17, 15) is 9.59 Å². The molecular formula is C18H26N4O4. The molecule has 2 aliphatic heterocycles. The first-order valence-corrected chi connectivity index (χ1v) is 8.77. The third-order valence-electron chi connectivity index (χ3n) is 4.77. The smallest absolute Gasteiger partial charge is 0.410 e. The summed E-state index contributed by atoms with van der Waals surface area (Å²) in [6.45, 7) is 10.5. The summed E-state index contributed by atoms with van der Waals surface area (Å²) in [5, 5.41) is 0. The lowest BCUT2D eigenvalue weighted by Gasteiger charge is -2.47. The zero-order valence-electron chi connectivity index (χ0n) is 16.0. The van der Waals surface area contributed by atoms with Gasteiger partial charge in [-0.3, -0.25) is 4.98 Å². The van der Waals surface area contributed by atoms with E-state index in [1.54, 1.807) is 4.90 Å². The highest BCUT2D eigenvalue weighted by atomic mass is 16.6. The predicted molar refractivity (Wildman–Crippen MR) is 95.2 cm³/mol. The standard InChI is InChI=1S/C18H26N4O4/c1-12-14(20-13(8-19-12)15(23)25-5)21-7-6-18(9-21)10-22(11-18)16(24)26-17(2,3)4/h8H,6-7,9-11H2,1-5H3. The van der Waals surface area contributed by atoms with Gasteiger partial charge in [-0.1, -0.05) is 0 Å². The minimum absolute atomic E-state index is 0.0618. The number of hydrogen-bond donors (Lipinski definition) is 0. The second kappa shape index (κ2) is 6.41. The van der Waals surface area contributed by atoms with E-state index < -0.39 is 11.6 Å². The molecule has 0 radical (unpaired) electrons. The molecule has 0 atom stereocenters. The maximum Gasteiger partial charge on any atom is 0.410 e. The predicted octanol–water partition coefficient (Wildman–Crippen LogP) is 2.02. The first kappa shape index (κ1) is 18.4. The van der Waals surface area contributed by atoms with E-state index in [0.29, 0.717) is 18.9 Å². The van der Waals surface area contributed by atoms with Gasteiger partial charge in [-0.25, -0.2) is 14.6 Å². The maximum atomic E-state index is 12.2. The number of rotatable bonds is 2. The summed E-state index contributed by atoms with van der Waals surface area (Å²) in [6, 6.07) is 0. The molecule has 0 saturated carbocycles. The van der Waals surface area contributed by atoms with E-state index in [2.05, 4.69) is 14.9 Å². The molecule has 0 bridgehead atoms. The van der Waals surface area contributed by atoms with Gasteiger partial charge in [-0.05, 0) is 34.1 Å². The number of aryl methyl sites for hydroxylation is 1. The van der Waals surface area contributed by atoms with E-state index in [1.807, 2.05) is 27.7 Å². The Morgan fingerprint density at radius 2 is 1.92 bits per heavy atom. The third kappa shape index (κ3) is 3.59. The van der Waals surface area contributed by atoms with Crippen LogP contribution in [-0.2, 0) is 9.47 Å². The lowest BCUT2D eigenvalue weighted by molar-refractivity contribution is -0.0266. The van der Waals surface area contributed by atoms with Crippen LogP contribution in [0.2, 0.25) is 0 Å². The van der Waals surface area contributed by atoms with Crippen molar-refractivity contribution < 1.29 is 19.1 Å². The van der Waals surface area contributed by atoms with Crippen molar-refractivity contribution in [1.29, 1.82) is 0 Å². The monoisotopic (exact) mass is 362 g/mol. The number of esters is 1. The van der Waals surface area contributed by atoms with Crippen molar-refractivity contribution >= 4 is 17.9 Å². The van der Waals surface area contributed by atoms with Crippen LogP contribution >= 0.6 is 0 Å². The molecule has 0 N–H and O–H groups in total. The van der Waals surface area contributed by atoms with Gasteiger partial charge in [-0.2, -0.15) is 0 Å². The van der Waals surface area contributed by atoms with E-state index in [4.69, 9.17) is 9.47 Å². The largest absolute Gasteiger partial charge is 0.464 e. The minimum Gasteiger partial charge on any atom is -0.464 e. The summed E-state index contributed by atoms with van der Waals surface area (Å²) in [7, 11) is 1.33. The molecule has 0 unspecified atom stereocenters. The Labute approximate surface area is 153 Å². The maximum absolute atomic E-state index is 12.2. The number of amides is 1. The molecule has 0 aromatic carbocycles. The Hall–Kier alpha value is -2.38. The Balaban J connectivity index is 1.65. The molecule has 1 spiro atoms. The fourth-order valence-corrected chi connectivity index (χ4v) is 3.54. The lowest BCUT2D eigenvalue weighted by Crippen LogP contribution is -2.60. The van der Waals surface area contributed by atoms with Gasteiger partial charge in [0.25, 0.3) is 0 Å². The molecular weight excluding hydrogens is 336 g/mol. The second-order valence-corrected chi connectivity index (χ2v) is 8.16. The Bertz CT molecular complexity index is 722. The Kier molecular flexibility index (Phi) is 4.54. The topological polar surface area (TPSA) is 84.9 Å². The molecule has 2 saturated heterocycles. The first-order valence-electron chi connectivity index (χ1n) is 8.77. The van der Waals surface area contributed by atoms with Crippen molar-refractivity contribution in [3.63, 3.8) is 0 Å². The van der Waals surface area contributed by atoms with Gasteiger partial charge in [0.05, 0.1) is 19.0 Å². The van der Waals surface area contributed by atoms with Gasteiger partial charge >= 0.3 is 12.1 Å². The number of hydrogen-bond acceptors (Lipinski definition) is 7. The number of methoxy groups -OCH3 is 1. The zero-order valence-corrected chi connectivity index (χ0v) is 16.0. The summed E-state index contributed by atoms with van der Waals surface area (Å²) in [6.07, 6.45) is 2.14. The van der Waals surface area contributed by atoms with Crippen LogP contribution in [0.5, 0.6) is 0 Å². The molecule has 8 heteroatoms. The molecule has 3 heterocycles. The SMILES string of the molecule is COC(=O)c1cnc(C)c(N2CCC3(CN(C(=O)OC(C)(C)C)C3)C2)n1. The highest BCUT2D eigenvalue weighted by Gasteiger charge is 2.50. The van der Waals surface area contributed by atoms with Crippen LogP contribution in [0.25, 0.3) is 0 Å². The van der Waals surface area contributed by atoms with Crippen molar-refractivity contribution in [2.45, 2.75) is 39.7 Å². The number of nitrogens with zero attached hydrogens (tertiary/aromatic N) is 4. The van der Waals surface area contributed by atoms with Gasteiger partial charge in [0, 0.05) is 31.6 Å². The quantitative estimate of drug-likeness (QED) is 0.744. The fraction of sp³-hybridized carbons (Fsp3) is 0.667. The number of anilines is 1. The van der Waals surface area contributed by atoms with Crippen LogP contribution in [0.1, 0.15) is 43.4 Å². The van der Waals surface area contributed by atoms with Gasteiger partial charge in [-0.15, -0.1) is 0 Å². The van der Waals surface area contributed by atoms with E-state index >= 15 is 0 Å². The molecule has 1 aromatic rings. The molecule has 0 aliphatic carbocycles. The van der Waals surface area contributed by atoms with Crippen molar-refractivity contribution in [3.05, 3.63) is 17.6 Å². The van der Waals surface area contributed by atoms with E-state index in [-0.39, 0.29) is 17.2 Å². The molecule has 26 heavy (non-hydrogen) atoms. The summed E-state index contributed by atoms with van der Waals surface area (Å²) in [4.78, 5) is 36.5. The van der Waals surface area contributed by atoms with Crippen LogP contribution in [-0.4, -0.2) is 65.8 Å². The summed E-state index contributed by atoms with van der Waals surface area (Å²) >= 11 is 0. The second-order valence-electron chi connectivity index (χ2n) is 8.16. The van der Waals surface area contributed by atoms with E-state index in [0.717, 1.165) is 25.2 Å². The summed E-state index contributed by atoms with van der Waals surface area (Å²) in [5.41, 5.74) is 0.561. The summed E-state index contributed by atoms with van der Waals surface area (Å²) < 4.78 is 10.2. The lowest BCUT2D eigenvalue weighted by atomic mass is 9.79. The van der Waals surface area contributed by atoms with Crippen LogP contribution in [0.3, 0.4) is 0 Å². The van der Waals surface area contributed by atoms with Crippen molar-refractivity contribution in [2.24, 2.45) is 5.41 Å². The average molecular weight is 362 g/mol. The van der Waals surface area contributed by atoms with Crippen LogP contribution in [0.4, 0.5) is 10.6 Å². The molecule has 1 aromatic heterocycles. The van der Waals surface area contributed by atoms with Gasteiger partial charge < -0.3 is 19.3 Å².